The van der Waals surface area contributed by atoms with Gasteiger partial charge in [-0.25, -0.2) is 0 Å². The fourth-order valence-corrected chi connectivity index (χ4v) is 3.57. The second-order valence-electron chi connectivity index (χ2n) is 5.52. The first-order chi connectivity index (χ1) is 7.79. The average molecular weight is 212 g/mol. The summed E-state index contributed by atoms with van der Waals surface area (Å²) in [5, 5.41) is 0. The van der Waals surface area contributed by atoms with E-state index in [0.29, 0.717) is 5.92 Å². The summed E-state index contributed by atoms with van der Waals surface area (Å²) in [4.78, 5) is 0. The van der Waals surface area contributed by atoms with E-state index in [4.69, 9.17) is 0 Å². The van der Waals surface area contributed by atoms with Crippen molar-refractivity contribution in [1.82, 2.24) is 0 Å². The molecular weight excluding hydrogens is 192 g/mol. The standard InChI is InChI=1S/C16H20/c1-11(2)16-14-9-5-3-7-12(14)13-8-4-6-10-15(13)16/h3,5,7,9,11,16H,4,6,8,10H2,1-2H3. The van der Waals surface area contributed by atoms with Gasteiger partial charge in [0.2, 0.25) is 0 Å². The third-order valence-electron chi connectivity index (χ3n) is 4.17. The van der Waals surface area contributed by atoms with E-state index in [1.54, 1.807) is 22.3 Å². The van der Waals surface area contributed by atoms with Crippen molar-refractivity contribution in [3.63, 3.8) is 0 Å². The molecule has 0 aliphatic heterocycles. The summed E-state index contributed by atoms with van der Waals surface area (Å²) in [6, 6.07) is 9.07. The molecule has 1 aromatic carbocycles. The van der Waals surface area contributed by atoms with Gasteiger partial charge in [0, 0.05) is 5.92 Å². The molecule has 0 saturated heterocycles. The predicted molar refractivity (Wildman–Crippen MR) is 69.4 cm³/mol. The molecular formula is C16H20. The molecule has 0 aromatic heterocycles. The molecule has 0 radical (unpaired) electrons. The van der Waals surface area contributed by atoms with Crippen LogP contribution >= 0.6 is 0 Å². The minimum absolute atomic E-state index is 0.714. The van der Waals surface area contributed by atoms with Crippen LogP contribution in [0.1, 0.15) is 56.6 Å². The first kappa shape index (κ1) is 10.1. The molecule has 0 saturated carbocycles. The highest BCUT2D eigenvalue weighted by atomic mass is 14.4. The second kappa shape index (κ2) is 3.76. The van der Waals surface area contributed by atoms with Crippen molar-refractivity contribution in [2.75, 3.05) is 0 Å². The summed E-state index contributed by atoms with van der Waals surface area (Å²) >= 11 is 0. The van der Waals surface area contributed by atoms with Gasteiger partial charge in [0.1, 0.15) is 0 Å². The Labute approximate surface area is 98.4 Å². The third-order valence-corrected chi connectivity index (χ3v) is 4.17. The van der Waals surface area contributed by atoms with E-state index in [9.17, 15) is 0 Å². The molecule has 2 aliphatic rings. The van der Waals surface area contributed by atoms with Crippen molar-refractivity contribution in [2.45, 2.75) is 45.4 Å². The Morgan fingerprint density at radius 3 is 2.62 bits per heavy atom. The van der Waals surface area contributed by atoms with Crippen LogP contribution in [0.4, 0.5) is 0 Å². The van der Waals surface area contributed by atoms with Gasteiger partial charge in [-0.15, -0.1) is 0 Å². The monoisotopic (exact) mass is 212 g/mol. The van der Waals surface area contributed by atoms with E-state index in [2.05, 4.69) is 38.1 Å². The second-order valence-corrected chi connectivity index (χ2v) is 5.52. The Balaban J connectivity index is 2.16. The lowest BCUT2D eigenvalue weighted by atomic mass is 9.82. The van der Waals surface area contributed by atoms with Crippen molar-refractivity contribution < 1.29 is 0 Å². The maximum absolute atomic E-state index is 2.37. The summed E-state index contributed by atoms with van der Waals surface area (Å²) in [5.74, 6) is 1.46. The van der Waals surface area contributed by atoms with Crippen LogP contribution in [-0.2, 0) is 0 Å². The third kappa shape index (κ3) is 1.36. The van der Waals surface area contributed by atoms with Gasteiger partial charge in [-0.05, 0) is 48.3 Å². The molecule has 0 spiro atoms. The molecule has 0 bridgehead atoms. The Morgan fingerprint density at radius 2 is 1.81 bits per heavy atom. The lowest BCUT2D eigenvalue weighted by Gasteiger charge is -2.23. The Hall–Kier alpha value is -1.04. The van der Waals surface area contributed by atoms with E-state index < -0.39 is 0 Å². The molecule has 2 aliphatic carbocycles. The first-order valence-corrected chi connectivity index (χ1v) is 6.60. The van der Waals surface area contributed by atoms with Crippen LogP contribution < -0.4 is 0 Å². The van der Waals surface area contributed by atoms with Crippen LogP contribution in [0.3, 0.4) is 0 Å². The van der Waals surface area contributed by atoms with Gasteiger partial charge < -0.3 is 0 Å². The molecule has 0 N–H and O–H groups in total. The van der Waals surface area contributed by atoms with E-state index in [1.807, 2.05) is 0 Å². The van der Waals surface area contributed by atoms with Gasteiger partial charge >= 0.3 is 0 Å². The number of hydrogen-bond donors (Lipinski definition) is 0. The molecule has 0 heteroatoms. The van der Waals surface area contributed by atoms with Crippen molar-refractivity contribution in [1.29, 1.82) is 0 Å². The van der Waals surface area contributed by atoms with Gasteiger partial charge in [-0.2, -0.15) is 0 Å². The zero-order chi connectivity index (χ0) is 11.1. The molecule has 3 rings (SSSR count). The smallest absolute Gasteiger partial charge is 0.00832 e. The fraction of sp³-hybridized carbons (Fsp3) is 0.500. The van der Waals surface area contributed by atoms with E-state index in [-0.39, 0.29) is 0 Å². The number of fused-ring (bicyclic) bond motifs is 2. The number of rotatable bonds is 1. The van der Waals surface area contributed by atoms with Crippen molar-refractivity contribution >= 4 is 5.57 Å². The molecule has 0 amide bonds. The topological polar surface area (TPSA) is 0 Å². The molecule has 1 aromatic rings. The minimum Gasteiger partial charge on any atom is -0.0619 e. The molecule has 0 nitrogen and oxygen atoms in total. The minimum atomic E-state index is 0.714. The van der Waals surface area contributed by atoms with Crippen LogP contribution in [-0.4, -0.2) is 0 Å². The summed E-state index contributed by atoms with van der Waals surface area (Å²) in [6.45, 7) is 4.73. The van der Waals surface area contributed by atoms with Gasteiger partial charge in [0.05, 0.1) is 0 Å². The lowest BCUT2D eigenvalue weighted by molar-refractivity contribution is 0.534. The maximum atomic E-state index is 2.37. The highest BCUT2D eigenvalue weighted by molar-refractivity contribution is 5.79. The summed E-state index contributed by atoms with van der Waals surface area (Å²) in [7, 11) is 0. The zero-order valence-corrected chi connectivity index (χ0v) is 10.3. The molecule has 16 heavy (non-hydrogen) atoms. The van der Waals surface area contributed by atoms with E-state index in [0.717, 1.165) is 5.92 Å². The highest BCUT2D eigenvalue weighted by Gasteiger charge is 2.33. The highest BCUT2D eigenvalue weighted by Crippen LogP contribution is 2.50. The van der Waals surface area contributed by atoms with E-state index >= 15 is 0 Å². The SMILES string of the molecule is CC(C)C1C2=C(CCCC2)c2ccccc21. The number of hydrogen-bond acceptors (Lipinski definition) is 0. The maximum Gasteiger partial charge on any atom is 0.00832 e. The van der Waals surface area contributed by atoms with Crippen LogP contribution in [0, 0.1) is 5.92 Å². The van der Waals surface area contributed by atoms with Crippen LogP contribution in [0.15, 0.2) is 29.8 Å². The fourth-order valence-electron chi connectivity index (χ4n) is 3.57. The summed E-state index contributed by atoms with van der Waals surface area (Å²) in [6.07, 6.45) is 5.44. The molecule has 84 valence electrons. The van der Waals surface area contributed by atoms with Crippen molar-refractivity contribution in [3.8, 4) is 0 Å². The summed E-state index contributed by atoms with van der Waals surface area (Å²) in [5.41, 5.74) is 6.63. The molecule has 1 unspecified atom stereocenters. The van der Waals surface area contributed by atoms with Gasteiger partial charge in [-0.3, -0.25) is 0 Å². The van der Waals surface area contributed by atoms with Crippen molar-refractivity contribution in [3.05, 3.63) is 41.0 Å². The lowest BCUT2D eigenvalue weighted by Crippen LogP contribution is -2.08. The predicted octanol–water partition coefficient (Wildman–Crippen LogP) is 4.77. The summed E-state index contributed by atoms with van der Waals surface area (Å²) < 4.78 is 0. The molecule has 0 heterocycles. The van der Waals surface area contributed by atoms with Crippen LogP contribution in [0.5, 0.6) is 0 Å². The Morgan fingerprint density at radius 1 is 1.06 bits per heavy atom. The molecule has 0 fully saturated rings. The Kier molecular flexibility index (Phi) is 2.38. The normalized spacial score (nSPS) is 23.6. The number of benzene rings is 1. The average Bonchev–Trinajstić information content (AvgIpc) is 2.63. The quantitative estimate of drug-likeness (QED) is 0.629. The van der Waals surface area contributed by atoms with E-state index in [1.165, 1.54) is 25.7 Å². The van der Waals surface area contributed by atoms with Gasteiger partial charge in [0.25, 0.3) is 0 Å². The first-order valence-electron chi connectivity index (χ1n) is 6.60. The largest absolute Gasteiger partial charge is 0.0619 e. The number of allylic oxidation sites excluding steroid dienone is 2. The van der Waals surface area contributed by atoms with Crippen LogP contribution in [0.25, 0.3) is 5.57 Å². The van der Waals surface area contributed by atoms with Gasteiger partial charge in [0.15, 0.2) is 0 Å². The van der Waals surface area contributed by atoms with Gasteiger partial charge in [-0.1, -0.05) is 43.7 Å². The zero-order valence-electron chi connectivity index (χ0n) is 10.3. The van der Waals surface area contributed by atoms with Crippen molar-refractivity contribution in [2.24, 2.45) is 5.92 Å². The molecule has 1 atom stereocenters. The Bertz CT molecular complexity index is 437. The van der Waals surface area contributed by atoms with Crippen LogP contribution in [0.2, 0.25) is 0 Å².